The number of nitrogens with one attached hydrogen (secondary N) is 1. The van der Waals surface area contributed by atoms with Gasteiger partial charge in [0, 0.05) is 32.3 Å². The van der Waals surface area contributed by atoms with Gasteiger partial charge in [-0.1, -0.05) is 25.3 Å². The number of carbonyl (C=O) groups excluding carboxylic acids is 1. The molecule has 0 saturated carbocycles. The Bertz CT molecular complexity index is 444. The molecule has 0 unspecified atom stereocenters. The van der Waals surface area contributed by atoms with E-state index in [-0.39, 0.29) is 11.5 Å². The highest BCUT2D eigenvalue weighted by atomic mass is 19.4. The summed E-state index contributed by atoms with van der Waals surface area (Å²) in [6.45, 7) is 8.83. The van der Waals surface area contributed by atoms with Crippen LogP contribution in [0, 0.1) is 0 Å². The lowest BCUT2D eigenvalue weighted by atomic mass is 10.1. The highest BCUT2D eigenvalue weighted by Crippen LogP contribution is 2.30. The third-order valence-corrected chi connectivity index (χ3v) is 2.82. The molecular weight excluding hydrogens is 269 g/mol. The van der Waals surface area contributed by atoms with Gasteiger partial charge in [-0.15, -0.1) is 0 Å². The maximum atomic E-state index is 12.6. The molecule has 1 saturated heterocycles. The first-order chi connectivity index (χ1) is 9.36. The summed E-state index contributed by atoms with van der Waals surface area (Å²) >= 11 is 0. The van der Waals surface area contributed by atoms with Gasteiger partial charge in [-0.05, 0) is 11.6 Å². The SMILES string of the molecule is C=C/C=C(/C=C/C(=O)N1CCNCC1)C(=C)C(F)(F)F. The number of piperazine rings is 1. The Morgan fingerprint density at radius 1 is 1.20 bits per heavy atom. The predicted octanol–water partition coefficient (Wildman–Crippen LogP) is 2.21. The maximum Gasteiger partial charge on any atom is 0.416 e. The first-order valence-electron chi connectivity index (χ1n) is 6.13. The van der Waals surface area contributed by atoms with Crippen LogP contribution in [0.2, 0.25) is 0 Å². The highest BCUT2D eigenvalue weighted by Gasteiger charge is 2.33. The minimum Gasteiger partial charge on any atom is -0.337 e. The molecule has 1 rings (SSSR count). The Kier molecular flexibility index (Phi) is 5.76. The van der Waals surface area contributed by atoms with Gasteiger partial charge in [0.25, 0.3) is 0 Å². The molecule has 0 aliphatic carbocycles. The highest BCUT2D eigenvalue weighted by molar-refractivity contribution is 5.88. The summed E-state index contributed by atoms with van der Waals surface area (Å²) < 4.78 is 37.8. The van der Waals surface area contributed by atoms with Gasteiger partial charge in [0.2, 0.25) is 5.91 Å². The fourth-order valence-corrected chi connectivity index (χ4v) is 1.70. The van der Waals surface area contributed by atoms with Gasteiger partial charge < -0.3 is 10.2 Å². The maximum absolute atomic E-state index is 12.6. The van der Waals surface area contributed by atoms with Gasteiger partial charge in [0.1, 0.15) is 0 Å². The lowest BCUT2D eigenvalue weighted by Crippen LogP contribution is -2.45. The molecule has 0 aromatic heterocycles. The van der Waals surface area contributed by atoms with Crippen LogP contribution < -0.4 is 5.32 Å². The summed E-state index contributed by atoms with van der Waals surface area (Å²) in [5, 5.41) is 3.09. The number of carbonyl (C=O) groups is 1. The van der Waals surface area contributed by atoms with Crippen molar-refractivity contribution in [2.75, 3.05) is 26.2 Å². The third kappa shape index (κ3) is 4.70. The summed E-state index contributed by atoms with van der Waals surface area (Å²) in [6, 6.07) is 0. The fourth-order valence-electron chi connectivity index (χ4n) is 1.70. The van der Waals surface area contributed by atoms with Gasteiger partial charge in [-0.2, -0.15) is 13.2 Å². The van der Waals surface area contributed by atoms with E-state index >= 15 is 0 Å². The predicted molar refractivity (Wildman–Crippen MR) is 72.1 cm³/mol. The van der Waals surface area contributed by atoms with Gasteiger partial charge in [-0.3, -0.25) is 4.79 Å². The average Bonchev–Trinajstić information content (AvgIpc) is 2.42. The number of alkyl halides is 3. The second-order valence-corrected chi connectivity index (χ2v) is 4.24. The first-order valence-corrected chi connectivity index (χ1v) is 6.13. The van der Waals surface area contributed by atoms with E-state index in [1.807, 2.05) is 0 Å². The number of rotatable bonds is 4. The minimum absolute atomic E-state index is 0.170. The molecule has 6 heteroatoms. The van der Waals surface area contributed by atoms with Crippen LogP contribution in [0.4, 0.5) is 13.2 Å². The average molecular weight is 286 g/mol. The van der Waals surface area contributed by atoms with Crippen LogP contribution in [0.1, 0.15) is 0 Å². The van der Waals surface area contributed by atoms with Gasteiger partial charge in [0.15, 0.2) is 0 Å². The largest absolute Gasteiger partial charge is 0.416 e. The molecule has 1 aliphatic rings. The molecule has 1 heterocycles. The molecule has 0 radical (unpaired) electrons. The van der Waals surface area contributed by atoms with E-state index in [9.17, 15) is 18.0 Å². The third-order valence-electron chi connectivity index (χ3n) is 2.82. The van der Waals surface area contributed by atoms with Crippen LogP contribution in [0.3, 0.4) is 0 Å². The number of nitrogens with zero attached hydrogens (tertiary/aromatic N) is 1. The number of amides is 1. The molecule has 20 heavy (non-hydrogen) atoms. The summed E-state index contributed by atoms with van der Waals surface area (Å²) in [6.07, 6.45) is 0.139. The fraction of sp³-hybridized carbons (Fsp3) is 0.357. The quantitative estimate of drug-likeness (QED) is 0.635. The normalized spacial score (nSPS) is 17.4. The molecule has 0 bridgehead atoms. The molecule has 3 nitrogen and oxygen atoms in total. The number of hydrogen-bond acceptors (Lipinski definition) is 2. The molecular formula is C14H17F3N2O. The zero-order chi connectivity index (χ0) is 15.2. The number of halogens is 3. The molecule has 0 aromatic carbocycles. The molecule has 1 fully saturated rings. The zero-order valence-corrected chi connectivity index (χ0v) is 11.0. The Morgan fingerprint density at radius 2 is 1.80 bits per heavy atom. The lowest BCUT2D eigenvalue weighted by Gasteiger charge is -2.26. The second kappa shape index (κ2) is 7.09. The van der Waals surface area contributed by atoms with E-state index in [1.165, 1.54) is 12.2 Å². The molecule has 0 aromatic rings. The van der Waals surface area contributed by atoms with Crippen molar-refractivity contribution in [1.29, 1.82) is 0 Å². The van der Waals surface area contributed by atoms with E-state index in [2.05, 4.69) is 18.5 Å². The monoisotopic (exact) mass is 286 g/mol. The van der Waals surface area contributed by atoms with Gasteiger partial charge >= 0.3 is 6.18 Å². The van der Waals surface area contributed by atoms with Crippen molar-refractivity contribution < 1.29 is 18.0 Å². The van der Waals surface area contributed by atoms with E-state index in [4.69, 9.17) is 0 Å². The summed E-state index contributed by atoms with van der Waals surface area (Å²) in [5.74, 6) is -0.309. The minimum atomic E-state index is -4.53. The first kappa shape index (κ1) is 16.2. The Morgan fingerprint density at radius 3 is 2.30 bits per heavy atom. The Labute approximate surface area is 116 Å². The number of allylic oxidation sites excluding steroid dienone is 5. The van der Waals surface area contributed by atoms with Crippen LogP contribution in [0.5, 0.6) is 0 Å². The molecule has 0 atom stereocenters. The van der Waals surface area contributed by atoms with Crippen molar-refractivity contribution in [2.24, 2.45) is 0 Å². The van der Waals surface area contributed by atoms with Crippen molar-refractivity contribution in [3.05, 3.63) is 48.6 Å². The van der Waals surface area contributed by atoms with Crippen LogP contribution >= 0.6 is 0 Å². The molecule has 1 amide bonds. The van der Waals surface area contributed by atoms with Crippen LogP contribution in [-0.2, 0) is 4.79 Å². The molecule has 0 spiro atoms. The summed E-state index contributed by atoms with van der Waals surface area (Å²) in [4.78, 5) is 13.4. The van der Waals surface area contributed by atoms with Gasteiger partial charge in [0.05, 0.1) is 5.57 Å². The van der Waals surface area contributed by atoms with E-state index < -0.39 is 11.7 Å². The molecule has 1 N–H and O–H groups in total. The van der Waals surface area contributed by atoms with E-state index in [0.29, 0.717) is 26.2 Å². The summed E-state index contributed by atoms with van der Waals surface area (Å²) in [7, 11) is 0. The second-order valence-electron chi connectivity index (χ2n) is 4.24. The topological polar surface area (TPSA) is 32.3 Å². The standard InChI is InChI=1S/C14H17F3N2O/c1-3-4-12(11(2)14(15,16)17)5-6-13(20)19-9-7-18-8-10-19/h3-6,18H,1-2,7-10H2/b6-5+,12-4-. The van der Waals surface area contributed by atoms with Gasteiger partial charge in [-0.25, -0.2) is 0 Å². The van der Waals surface area contributed by atoms with E-state index in [1.54, 1.807) is 4.90 Å². The van der Waals surface area contributed by atoms with Crippen molar-refractivity contribution in [3.8, 4) is 0 Å². The Balaban J connectivity index is 2.77. The Hall–Kier alpha value is -1.82. The van der Waals surface area contributed by atoms with Crippen LogP contribution in [0.15, 0.2) is 48.6 Å². The van der Waals surface area contributed by atoms with Crippen molar-refractivity contribution >= 4 is 5.91 Å². The smallest absolute Gasteiger partial charge is 0.337 e. The zero-order valence-electron chi connectivity index (χ0n) is 11.0. The molecule has 110 valence electrons. The molecule has 1 aliphatic heterocycles. The van der Waals surface area contributed by atoms with Crippen LogP contribution in [0.25, 0.3) is 0 Å². The van der Waals surface area contributed by atoms with E-state index in [0.717, 1.165) is 12.2 Å². The number of hydrogen-bond donors (Lipinski definition) is 1. The van der Waals surface area contributed by atoms with Crippen molar-refractivity contribution in [3.63, 3.8) is 0 Å². The van der Waals surface area contributed by atoms with Crippen molar-refractivity contribution in [2.45, 2.75) is 6.18 Å². The summed E-state index contributed by atoms with van der Waals surface area (Å²) in [5.41, 5.74) is -1.17. The van der Waals surface area contributed by atoms with Crippen molar-refractivity contribution in [1.82, 2.24) is 10.2 Å². The van der Waals surface area contributed by atoms with Crippen LogP contribution in [-0.4, -0.2) is 43.2 Å². The lowest BCUT2D eigenvalue weighted by molar-refractivity contribution is -0.126.